The molecule has 8 nitrogen and oxygen atoms in total. The summed E-state index contributed by atoms with van der Waals surface area (Å²) in [6.45, 7) is 1.87. The molecule has 0 saturated heterocycles. The van der Waals surface area contributed by atoms with Gasteiger partial charge in [0.2, 0.25) is 0 Å². The van der Waals surface area contributed by atoms with Crippen LogP contribution < -0.4 is 20.2 Å². The van der Waals surface area contributed by atoms with E-state index in [1.54, 1.807) is 44.6 Å². The molecule has 0 amide bonds. The van der Waals surface area contributed by atoms with Crippen molar-refractivity contribution in [2.45, 2.75) is 13.3 Å². The first-order chi connectivity index (χ1) is 13.0. The van der Waals surface area contributed by atoms with Gasteiger partial charge in [-0.2, -0.15) is 5.10 Å². The maximum Gasteiger partial charge on any atom is 0.273 e. The summed E-state index contributed by atoms with van der Waals surface area (Å²) in [5.74, 6) is 1.18. The minimum Gasteiger partial charge on any atom is -0.493 e. The molecule has 0 spiro atoms. The lowest BCUT2D eigenvalue weighted by molar-refractivity contribution is -0.385. The number of ether oxygens (including phenoxy) is 2. The molecule has 0 bridgehead atoms. The van der Waals surface area contributed by atoms with Crippen LogP contribution in [0.5, 0.6) is 11.5 Å². The van der Waals surface area contributed by atoms with Crippen LogP contribution in [0.1, 0.15) is 18.1 Å². The zero-order valence-corrected chi connectivity index (χ0v) is 16.0. The molecule has 0 saturated carbocycles. The van der Waals surface area contributed by atoms with E-state index in [1.165, 1.54) is 12.3 Å². The first kappa shape index (κ1) is 20.1. The van der Waals surface area contributed by atoms with Crippen LogP contribution in [0.25, 0.3) is 0 Å². The Morgan fingerprint density at radius 2 is 1.96 bits per heavy atom. The number of nitro benzene ring substituents is 1. The highest BCUT2D eigenvalue weighted by Gasteiger charge is 2.12. The number of rotatable bonds is 7. The van der Waals surface area contributed by atoms with Crippen LogP contribution in [0.15, 0.2) is 41.5 Å². The average molecular weight is 388 g/mol. The molecule has 0 radical (unpaired) electrons. The van der Waals surface area contributed by atoms with Gasteiger partial charge in [-0.15, -0.1) is 0 Å². The molecule has 0 atom stereocenters. The zero-order valence-electron chi connectivity index (χ0n) is 15.2. The number of benzene rings is 2. The van der Waals surface area contributed by atoms with Crippen LogP contribution >= 0.6 is 12.2 Å². The molecule has 0 fully saturated rings. The third kappa shape index (κ3) is 5.38. The van der Waals surface area contributed by atoms with Gasteiger partial charge < -0.3 is 14.8 Å². The molecule has 0 unspecified atom stereocenters. The largest absolute Gasteiger partial charge is 0.493 e. The molecule has 142 valence electrons. The van der Waals surface area contributed by atoms with E-state index in [4.69, 9.17) is 21.7 Å². The van der Waals surface area contributed by atoms with Gasteiger partial charge in [-0.05, 0) is 30.8 Å². The van der Waals surface area contributed by atoms with Crippen LogP contribution in [-0.2, 0) is 6.42 Å². The topological polar surface area (TPSA) is 98.0 Å². The third-order valence-corrected chi connectivity index (χ3v) is 3.90. The van der Waals surface area contributed by atoms with E-state index in [0.29, 0.717) is 34.7 Å². The van der Waals surface area contributed by atoms with Crippen molar-refractivity contribution >= 4 is 34.9 Å². The molecule has 0 heterocycles. The Labute approximate surface area is 162 Å². The first-order valence-corrected chi connectivity index (χ1v) is 8.48. The fraction of sp³-hybridized carbons (Fsp3) is 0.222. The molecular weight excluding hydrogens is 368 g/mol. The summed E-state index contributed by atoms with van der Waals surface area (Å²) in [5, 5.41) is 18.4. The predicted molar refractivity (Wildman–Crippen MR) is 109 cm³/mol. The summed E-state index contributed by atoms with van der Waals surface area (Å²) in [6, 6.07) is 10.2. The maximum absolute atomic E-state index is 11.1. The zero-order chi connectivity index (χ0) is 19.8. The number of anilines is 1. The summed E-state index contributed by atoms with van der Waals surface area (Å²) in [6.07, 6.45) is 2.06. The lowest BCUT2D eigenvalue weighted by atomic mass is 10.1. The molecule has 2 aromatic rings. The van der Waals surface area contributed by atoms with Crippen molar-refractivity contribution < 1.29 is 14.4 Å². The van der Waals surface area contributed by atoms with Gasteiger partial charge in [0.1, 0.15) is 0 Å². The minimum absolute atomic E-state index is 0.0764. The smallest absolute Gasteiger partial charge is 0.273 e. The number of nitrogens with zero attached hydrogens (tertiary/aromatic N) is 2. The van der Waals surface area contributed by atoms with E-state index < -0.39 is 4.92 Å². The van der Waals surface area contributed by atoms with Crippen molar-refractivity contribution in [3.05, 3.63) is 57.6 Å². The molecule has 0 aliphatic heterocycles. The number of thiocarbonyl (C=S) groups is 1. The Hall–Kier alpha value is -3.20. The SMILES string of the molecule is CCc1ccc(/C=N\NC(=S)Nc2ccc(OC)c(OC)c2)cc1[N+](=O)[O-]. The van der Waals surface area contributed by atoms with Crippen LogP contribution in [0, 0.1) is 10.1 Å². The first-order valence-electron chi connectivity index (χ1n) is 8.07. The van der Waals surface area contributed by atoms with Gasteiger partial charge in [-0.1, -0.05) is 19.1 Å². The second kappa shape index (κ2) is 9.48. The average Bonchev–Trinajstić information content (AvgIpc) is 2.67. The maximum atomic E-state index is 11.1. The number of nitrogens with one attached hydrogen (secondary N) is 2. The molecule has 2 aromatic carbocycles. The second-order valence-electron chi connectivity index (χ2n) is 5.39. The highest BCUT2D eigenvalue weighted by molar-refractivity contribution is 7.80. The van der Waals surface area contributed by atoms with Crippen molar-refractivity contribution in [1.82, 2.24) is 5.43 Å². The summed E-state index contributed by atoms with van der Waals surface area (Å²) in [7, 11) is 3.11. The molecule has 0 aliphatic carbocycles. The van der Waals surface area contributed by atoms with E-state index in [2.05, 4.69) is 15.8 Å². The highest BCUT2D eigenvalue weighted by atomic mass is 32.1. The van der Waals surface area contributed by atoms with Crippen molar-refractivity contribution in [3.63, 3.8) is 0 Å². The number of aryl methyl sites for hydroxylation is 1. The number of hydrogen-bond donors (Lipinski definition) is 2. The quantitative estimate of drug-likeness (QED) is 0.324. The predicted octanol–water partition coefficient (Wildman–Crippen LogP) is 3.49. The molecule has 9 heteroatoms. The van der Waals surface area contributed by atoms with Gasteiger partial charge in [-0.3, -0.25) is 15.5 Å². The Balaban J connectivity index is 2.01. The number of methoxy groups -OCH3 is 2. The lowest BCUT2D eigenvalue weighted by Gasteiger charge is -2.11. The van der Waals surface area contributed by atoms with Crippen molar-refractivity contribution in [1.29, 1.82) is 0 Å². The highest BCUT2D eigenvalue weighted by Crippen LogP contribution is 2.29. The monoisotopic (exact) mass is 388 g/mol. The second-order valence-corrected chi connectivity index (χ2v) is 5.80. The standard InChI is InChI=1S/C18H20N4O4S/c1-4-13-6-5-12(9-15(13)22(23)24)11-19-21-18(27)20-14-7-8-16(25-2)17(10-14)26-3/h5-11H,4H2,1-3H3,(H2,20,21,27)/b19-11-. The van der Waals surface area contributed by atoms with Crippen LogP contribution in [0.2, 0.25) is 0 Å². The van der Waals surface area contributed by atoms with Gasteiger partial charge >= 0.3 is 0 Å². The van der Waals surface area contributed by atoms with E-state index in [9.17, 15) is 10.1 Å². The number of hydrogen-bond acceptors (Lipinski definition) is 6. The van der Waals surface area contributed by atoms with Crippen LogP contribution in [-0.4, -0.2) is 30.5 Å². The van der Waals surface area contributed by atoms with Crippen molar-refractivity contribution in [3.8, 4) is 11.5 Å². The number of hydrazone groups is 1. The van der Waals surface area contributed by atoms with Crippen LogP contribution in [0.4, 0.5) is 11.4 Å². The summed E-state index contributed by atoms with van der Waals surface area (Å²) in [5.41, 5.74) is 4.72. The van der Waals surface area contributed by atoms with Gasteiger partial charge in [0.25, 0.3) is 5.69 Å². The molecule has 0 aromatic heterocycles. The van der Waals surface area contributed by atoms with E-state index >= 15 is 0 Å². The molecule has 2 N–H and O–H groups in total. The molecule has 0 aliphatic rings. The number of nitro groups is 1. The summed E-state index contributed by atoms with van der Waals surface area (Å²) >= 11 is 5.18. The Bertz CT molecular complexity index is 870. The van der Waals surface area contributed by atoms with Gasteiger partial charge in [0.05, 0.1) is 25.4 Å². The van der Waals surface area contributed by atoms with Gasteiger partial charge in [-0.25, -0.2) is 0 Å². The third-order valence-electron chi connectivity index (χ3n) is 3.71. The van der Waals surface area contributed by atoms with E-state index in [1.807, 2.05) is 6.92 Å². The van der Waals surface area contributed by atoms with Gasteiger partial charge in [0, 0.05) is 28.9 Å². The normalized spacial score (nSPS) is 10.5. The lowest BCUT2D eigenvalue weighted by Crippen LogP contribution is -2.23. The molecular formula is C18H20N4O4S. The fourth-order valence-corrected chi connectivity index (χ4v) is 2.54. The molecule has 27 heavy (non-hydrogen) atoms. The van der Waals surface area contributed by atoms with E-state index in [-0.39, 0.29) is 10.8 Å². The Morgan fingerprint density at radius 3 is 2.59 bits per heavy atom. The minimum atomic E-state index is -0.396. The summed E-state index contributed by atoms with van der Waals surface area (Å²) in [4.78, 5) is 10.7. The van der Waals surface area contributed by atoms with E-state index in [0.717, 1.165) is 0 Å². The van der Waals surface area contributed by atoms with Crippen molar-refractivity contribution in [2.24, 2.45) is 5.10 Å². The van der Waals surface area contributed by atoms with Crippen molar-refractivity contribution in [2.75, 3.05) is 19.5 Å². The van der Waals surface area contributed by atoms with Crippen LogP contribution in [0.3, 0.4) is 0 Å². The Morgan fingerprint density at radius 1 is 1.22 bits per heavy atom. The Kier molecular flexibility index (Phi) is 7.07. The van der Waals surface area contributed by atoms with Gasteiger partial charge in [0.15, 0.2) is 16.6 Å². The fourth-order valence-electron chi connectivity index (χ4n) is 2.37. The summed E-state index contributed by atoms with van der Waals surface area (Å²) < 4.78 is 10.4. The molecule has 2 rings (SSSR count).